The van der Waals surface area contributed by atoms with E-state index in [4.69, 9.17) is 23.5 Å². The van der Waals surface area contributed by atoms with E-state index in [0.717, 1.165) is 29.5 Å². The summed E-state index contributed by atoms with van der Waals surface area (Å²) in [6.45, 7) is 17.9. The summed E-state index contributed by atoms with van der Waals surface area (Å²) in [6, 6.07) is 12.9. The van der Waals surface area contributed by atoms with E-state index in [1.807, 2.05) is 71.9 Å². The van der Waals surface area contributed by atoms with Gasteiger partial charge in [-0.3, -0.25) is 4.79 Å². The van der Waals surface area contributed by atoms with Gasteiger partial charge in [-0.15, -0.1) is 0 Å². The largest absolute Gasteiger partial charge is 0.496 e. The number of carbonyl (C=O) groups excluding carboxylic acids is 3. The quantitative estimate of drug-likeness (QED) is 0.225. The molecule has 4 fully saturated rings. The molecule has 0 spiro atoms. The molecule has 3 saturated carbocycles. The van der Waals surface area contributed by atoms with Crippen LogP contribution in [-0.2, 0) is 43.0 Å². The number of ether oxygens (including phenoxy) is 3. The second kappa shape index (κ2) is 13.6. The van der Waals surface area contributed by atoms with Gasteiger partial charge in [-0.1, -0.05) is 50.2 Å². The summed E-state index contributed by atoms with van der Waals surface area (Å²) in [5.74, 6) is 0.0603. The van der Waals surface area contributed by atoms with Crippen LogP contribution in [0, 0.1) is 17.3 Å². The van der Waals surface area contributed by atoms with Crippen molar-refractivity contribution in [3.63, 3.8) is 0 Å². The molecular weight excluding hydrogens is 623 g/mol. The van der Waals surface area contributed by atoms with Crippen LogP contribution in [0.25, 0.3) is 0 Å². The summed E-state index contributed by atoms with van der Waals surface area (Å²) in [5, 5.41) is 5.98. The summed E-state index contributed by atoms with van der Waals surface area (Å²) in [7, 11) is 0.826. The van der Waals surface area contributed by atoms with Crippen molar-refractivity contribution in [1.82, 2.24) is 10.6 Å². The van der Waals surface area contributed by atoms with Crippen molar-refractivity contribution in [3.05, 3.63) is 64.7 Å². The van der Waals surface area contributed by atoms with Crippen LogP contribution in [-0.4, -0.2) is 61.0 Å². The van der Waals surface area contributed by atoms with Gasteiger partial charge in [0, 0.05) is 6.54 Å². The van der Waals surface area contributed by atoms with E-state index < -0.39 is 41.9 Å². The third-order valence-electron chi connectivity index (χ3n) is 10.2. The second-order valence-electron chi connectivity index (χ2n) is 16.6. The van der Waals surface area contributed by atoms with E-state index in [0.29, 0.717) is 29.6 Å². The molecule has 11 heteroatoms. The maximum absolute atomic E-state index is 13.7. The maximum Gasteiger partial charge on any atom is 0.482 e. The fourth-order valence-corrected chi connectivity index (χ4v) is 7.78. The highest BCUT2D eigenvalue weighted by Crippen LogP contribution is 2.65. The SMILES string of the molecule is COc1c(CC(NC(=O)Cc2cccc(CNC(=O)OC(C)(C)C)c2)B2OC3CC4CC(C4(C)C)C3(C)O2)cccc1C(=O)OC(C)(C)C. The first-order valence-corrected chi connectivity index (χ1v) is 17.4. The second-order valence-corrected chi connectivity index (χ2v) is 16.6. The Morgan fingerprint density at radius 3 is 2.29 bits per heavy atom. The van der Waals surface area contributed by atoms with E-state index in [9.17, 15) is 14.4 Å². The molecule has 5 atom stereocenters. The lowest BCUT2D eigenvalue weighted by Crippen LogP contribution is -2.65. The van der Waals surface area contributed by atoms with Gasteiger partial charge in [0.1, 0.15) is 22.5 Å². The fraction of sp³-hybridized carbons (Fsp3) is 0.605. The van der Waals surface area contributed by atoms with Crippen molar-refractivity contribution < 1.29 is 37.9 Å². The summed E-state index contributed by atoms with van der Waals surface area (Å²) in [5.41, 5.74) is 1.10. The first-order valence-electron chi connectivity index (χ1n) is 17.4. The van der Waals surface area contributed by atoms with Crippen LogP contribution in [0.1, 0.15) is 102 Å². The number of rotatable bonds is 10. The monoisotopic (exact) mass is 676 g/mol. The summed E-state index contributed by atoms with van der Waals surface area (Å²) < 4.78 is 30.3. The zero-order valence-electron chi connectivity index (χ0n) is 30.7. The molecular formula is C38H53BN2O8. The Labute approximate surface area is 291 Å². The highest BCUT2D eigenvalue weighted by Gasteiger charge is 2.68. The molecule has 1 heterocycles. The molecule has 0 aromatic heterocycles. The fourth-order valence-electron chi connectivity index (χ4n) is 7.78. The average molecular weight is 677 g/mol. The minimum Gasteiger partial charge on any atom is -0.496 e. The van der Waals surface area contributed by atoms with Gasteiger partial charge in [0.05, 0.1) is 31.2 Å². The van der Waals surface area contributed by atoms with E-state index in [1.165, 1.54) is 7.11 Å². The molecule has 6 rings (SSSR count). The Bertz CT molecular complexity index is 1560. The summed E-state index contributed by atoms with van der Waals surface area (Å²) in [6.07, 6.45) is 1.86. The summed E-state index contributed by atoms with van der Waals surface area (Å²) >= 11 is 0. The Hall–Kier alpha value is -3.57. The van der Waals surface area contributed by atoms with Gasteiger partial charge >= 0.3 is 19.2 Å². The molecule has 1 saturated heterocycles. The smallest absolute Gasteiger partial charge is 0.482 e. The van der Waals surface area contributed by atoms with Gasteiger partial charge < -0.3 is 34.2 Å². The van der Waals surface area contributed by atoms with Crippen LogP contribution < -0.4 is 15.4 Å². The number of nitrogens with one attached hydrogen (secondary N) is 2. The number of para-hydroxylation sites is 1. The van der Waals surface area contributed by atoms with Crippen LogP contribution in [0.15, 0.2) is 42.5 Å². The van der Waals surface area contributed by atoms with Crippen molar-refractivity contribution >= 4 is 25.1 Å². The molecule has 2 aromatic carbocycles. The minimum atomic E-state index is -0.701. The van der Waals surface area contributed by atoms with Crippen molar-refractivity contribution in [1.29, 1.82) is 0 Å². The third kappa shape index (κ3) is 8.26. The molecule has 49 heavy (non-hydrogen) atoms. The third-order valence-corrected chi connectivity index (χ3v) is 10.2. The Kier molecular flexibility index (Phi) is 10.2. The first-order chi connectivity index (χ1) is 22.8. The molecule has 3 aliphatic carbocycles. The first kappa shape index (κ1) is 36.7. The minimum absolute atomic E-state index is 0.0715. The van der Waals surface area contributed by atoms with Crippen LogP contribution in [0.4, 0.5) is 4.79 Å². The molecule has 0 radical (unpaired) electrons. The number of esters is 1. The van der Waals surface area contributed by atoms with Crippen molar-refractivity contribution in [2.45, 2.75) is 123 Å². The van der Waals surface area contributed by atoms with Crippen LogP contribution in [0.5, 0.6) is 5.75 Å². The number of hydrogen-bond donors (Lipinski definition) is 2. The van der Waals surface area contributed by atoms with Crippen LogP contribution >= 0.6 is 0 Å². The van der Waals surface area contributed by atoms with E-state index >= 15 is 0 Å². The Balaban J connectivity index is 1.36. The molecule has 2 aromatic rings. The van der Waals surface area contributed by atoms with Gasteiger partial charge in [0.2, 0.25) is 5.91 Å². The van der Waals surface area contributed by atoms with Gasteiger partial charge in [-0.05, 0) is 108 Å². The molecule has 2 amide bonds. The van der Waals surface area contributed by atoms with Gasteiger partial charge in [0.25, 0.3) is 0 Å². The number of methoxy groups -OCH3 is 1. The van der Waals surface area contributed by atoms with Gasteiger partial charge in [-0.25, -0.2) is 9.59 Å². The normalized spacial score (nSPS) is 24.6. The Morgan fingerprint density at radius 2 is 1.63 bits per heavy atom. The standard InChI is InChI=1S/C38H53BN2O8/c1-35(2,3)46-33(43)27-16-12-15-25(32(27)45-10)19-30(39-48-29-21-26-20-28(37(26,7)8)38(29,9)49-39)41-31(42)18-23-13-11-14-24(17-23)22-40-34(44)47-36(4,5)6/h11-17,26,28-30H,18-22H2,1-10H3,(H,40,44)(H,41,42). The predicted molar refractivity (Wildman–Crippen MR) is 187 cm³/mol. The predicted octanol–water partition coefficient (Wildman–Crippen LogP) is 6.21. The number of amides is 2. The van der Waals surface area contributed by atoms with Gasteiger partial charge in [-0.2, -0.15) is 0 Å². The number of benzene rings is 2. The molecule has 1 aliphatic heterocycles. The molecule has 2 bridgehead atoms. The topological polar surface area (TPSA) is 121 Å². The molecule has 4 aliphatic rings. The van der Waals surface area contributed by atoms with Crippen molar-refractivity contribution in [2.24, 2.45) is 17.3 Å². The highest BCUT2D eigenvalue weighted by atomic mass is 16.7. The molecule has 5 unspecified atom stereocenters. The lowest BCUT2D eigenvalue weighted by molar-refractivity contribution is -0.199. The maximum atomic E-state index is 13.7. The van der Waals surface area contributed by atoms with E-state index in [2.05, 4.69) is 31.4 Å². The Morgan fingerprint density at radius 1 is 0.959 bits per heavy atom. The lowest BCUT2D eigenvalue weighted by Gasteiger charge is -2.64. The average Bonchev–Trinajstić information content (AvgIpc) is 3.35. The molecule has 2 N–H and O–H groups in total. The zero-order valence-corrected chi connectivity index (χ0v) is 30.7. The molecule has 10 nitrogen and oxygen atoms in total. The van der Waals surface area contributed by atoms with Crippen LogP contribution in [0.2, 0.25) is 0 Å². The van der Waals surface area contributed by atoms with Crippen molar-refractivity contribution in [3.8, 4) is 5.75 Å². The lowest BCUT2D eigenvalue weighted by atomic mass is 9.43. The van der Waals surface area contributed by atoms with Crippen LogP contribution in [0.3, 0.4) is 0 Å². The summed E-state index contributed by atoms with van der Waals surface area (Å²) in [4.78, 5) is 39.1. The highest BCUT2D eigenvalue weighted by molar-refractivity contribution is 6.48. The number of alkyl carbamates (subject to hydrolysis) is 1. The molecule has 266 valence electrons. The number of carbonyl (C=O) groups is 3. The number of hydrogen-bond acceptors (Lipinski definition) is 8. The van der Waals surface area contributed by atoms with E-state index in [-0.39, 0.29) is 30.4 Å². The zero-order chi connectivity index (χ0) is 35.9. The van der Waals surface area contributed by atoms with Gasteiger partial charge in [0.15, 0.2) is 0 Å². The van der Waals surface area contributed by atoms with Crippen molar-refractivity contribution in [2.75, 3.05) is 7.11 Å². The van der Waals surface area contributed by atoms with E-state index in [1.54, 1.807) is 12.1 Å².